The highest BCUT2D eigenvalue weighted by molar-refractivity contribution is 5.67. The van der Waals surface area contributed by atoms with Gasteiger partial charge >= 0.3 is 6.09 Å². The molecule has 7 unspecified atom stereocenters. The van der Waals surface area contributed by atoms with Gasteiger partial charge in [0.25, 0.3) is 0 Å². The van der Waals surface area contributed by atoms with E-state index in [1.807, 2.05) is 91.0 Å². The molecule has 0 saturated carbocycles. The van der Waals surface area contributed by atoms with Crippen LogP contribution in [0.2, 0.25) is 0 Å². The quantitative estimate of drug-likeness (QED) is 0.0525. The third kappa shape index (κ3) is 24.4. The van der Waals surface area contributed by atoms with Gasteiger partial charge in [0.2, 0.25) is 0 Å². The Bertz CT molecular complexity index is 2330. The molecule has 4 aliphatic rings. The minimum absolute atomic E-state index is 0.122. The molecular weight excluding hydrogens is 1180 g/mol. The van der Waals surface area contributed by atoms with E-state index in [1.54, 1.807) is 4.90 Å². The van der Waals surface area contributed by atoms with E-state index < -0.39 is 98.4 Å². The molecule has 520 valence electrons. The first-order valence-electron chi connectivity index (χ1n) is 35.4. The van der Waals surface area contributed by atoms with E-state index in [9.17, 15) is 9.90 Å². The Labute approximate surface area is 550 Å². The van der Waals surface area contributed by atoms with Gasteiger partial charge in [-0.15, -0.1) is 0 Å². The largest absolute Gasteiger partial charge is 0.445 e. The van der Waals surface area contributed by atoms with Gasteiger partial charge in [-0.1, -0.05) is 184 Å². The number of nitrogens with zero attached hydrogens (tertiary/aromatic N) is 1. The zero-order chi connectivity index (χ0) is 65.0. The van der Waals surface area contributed by atoms with Crippen LogP contribution in [0.5, 0.6) is 0 Å². The van der Waals surface area contributed by atoms with Crippen molar-refractivity contribution in [2.75, 3.05) is 79.2 Å². The second-order valence-corrected chi connectivity index (χ2v) is 24.7. The number of fused-ring (bicyclic) bond motifs is 1. The fourth-order valence-corrected chi connectivity index (χ4v) is 11.6. The van der Waals surface area contributed by atoms with Gasteiger partial charge in [0.1, 0.15) is 79.9 Å². The lowest BCUT2D eigenvalue weighted by Crippen LogP contribution is -2.68. The summed E-state index contributed by atoms with van der Waals surface area (Å²) in [6, 6.07) is 29.4. The standard InChI is InChI=1S/C73H115NO18/c1-8-15-41-77-51-57-62(65(80-44-18-11-4)67(82-46-20-13-6)70(87-57)84-48-33-25-32-40-74(49-54-34-26-22-27-35-54)73(76)86-50-55-36-28-23-29-37-55)92-72-68(83-47-21-14-7)66(81-45-19-12-5)63(58(88-72)52-78-42-16-9-2)91-71-64(79-43-17-10-3)60(75)61-59(89-71)53-85-69(90-61)56-38-30-24-31-39-56/h22-24,26-31,34-39,57-72,75H,8-21,25,32-33,40-53H2,1-7H3/t57?,58?,59?,60-,61-,62+,63-,64?,65?,66?,67-,68-,69?,70+,71+,72-/m0/s1. The number of carbonyl (C=O) groups is 1. The molecule has 4 heterocycles. The Morgan fingerprint density at radius 2 is 0.902 bits per heavy atom. The molecular formula is C73H115NO18. The third-order valence-corrected chi connectivity index (χ3v) is 17.1. The Kier molecular flexibility index (Phi) is 36.3. The van der Waals surface area contributed by atoms with Crippen LogP contribution in [0, 0.1) is 0 Å². The molecule has 4 aliphatic heterocycles. The maximum absolute atomic E-state index is 13.6. The maximum Gasteiger partial charge on any atom is 0.410 e. The molecule has 1 N–H and O–H groups in total. The van der Waals surface area contributed by atoms with E-state index in [0.29, 0.717) is 72.4 Å². The fourth-order valence-electron chi connectivity index (χ4n) is 11.6. The monoisotopic (exact) mass is 1290 g/mol. The summed E-state index contributed by atoms with van der Waals surface area (Å²) in [5, 5.41) is 12.4. The Hall–Kier alpha value is -3.71. The number of ether oxygens (including phenoxy) is 16. The first-order valence-corrected chi connectivity index (χ1v) is 35.4. The van der Waals surface area contributed by atoms with Gasteiger partial charge in [-0.3, -0.25) is 0 Å². The van der Waals surface area contributed by atoms with Crippen LogP contribution in [-0.2, 0) is 88.9 Å². The molecule has 0 aliphatic carbocycles. The predicted octanol–water partition coefficient (Wildman–Crippen LogP) is 13.0. The SMILES string of the molecule is CCCCOCC1O[C@@H](OCCCCCN(Cc2ccccc2)C(=O)OCc2ccccc2)[C@@H](OCCCC)C(OCCCC)[C@@H]1O[C@@H]1OC(COCCCC)[C@H](O[C@H]2OC3COC(c4ccccc4)O[C@@H]3[C@H](O)C2OCCCC)C(OCCCC)[C@@H]1OCCCC. The van der Waals surface area contributed by atoms with Crippen molar-refractivity contribution in [1.82, 2.24) is 4.90 Å². The van der Waals surface area contributed by atoms with E-state index in [1.165, 1.54) is 0 Å². The van der Waals surface area contributed by atoms with Crippen molar-refractivity contribution in [3.8, 4) is 0 Å². The minimum atomic E-state index is -1.14. The van der Waals surface area contributed by atoms with Crippen molar-refractivity contribution in [3.05, 3.63) is 108 Å². The molecule has 19 nitrogen and oxygen atoms in total. The van der Waals surface area contributed by atoms with Crippen LogP contribution in [0.4, 0.5) is 4.79 Å². The van der Waals surface area contributed by atoms with Crippen molar-refractivity contribution in [3.63, 3.8) is 0 Å². The summed E-state index contributed by atoms with van der Waals surface area (Å²) >= 11 is 0. The number of aliphatic hydroxyl groups excluding tert-OH is 1. The summed E-state index contributed by atoms with van der Waals surface area (Å²) < 4.78 is 109. The smallest absolute Gasteiger partial charge is 0.410 e. The van der Waals surface area contributed by atoms with Crippen LogP contribution in [0.15, 0.2) is 91.0 Å². The van der Waals surface area contributed by atoms with Gasteiger partial charge in [-0.2, -0.15) is 0 Å². The number of amides is 1. The van der Waals surface area contributed by atoms with E-state index in [0.717, 1.165) is 119 Å². The average molecular weight is 1290 g/mol. The van der Waals surface area contributed by atoms with Gasteiger partial charge in [-0.25, -0.2) is 4.79 Å². The molecule has 16 atom stereocenters. The third-order valence-electron chi connectivity index (χ3n) is 17.1. The number of aliphatic hydroxyl groups is 1. The summed E-state index contributed by atoms with van der Waals surface area (Å²) in [6.07, 6.45) is 0.341. The summed E-state index contributed by atoms with van der Waals surface area (Å²) in [4.78, 5) is 15.4. The lowest BCUT2D eigenvalue weighted by atomic mass is 9.95. The summed E-state index contributed by atoms with van der Waals surface area (Å²) in [6.45, 7) is 19.9. The molecule has 0 spiro atoms. The van der Waals surface area contributed by atoms with Crippen LogP contribution < -0.4 is 0 Å². The highest BCUT2D eigenvalue weighted by Gasteiger charge is 2.57. The van der Waals surface area contributed by atoms with Crippen LogP contribution >= 0.6 is 0 Å². The van der Waals surface area contributed by atoms with Crippen molar-refractivity contribution in [2.24, 2.45) is 0 Å². The number of benzene rings is 3. The van der Waals surface area contributed by atoms with Crippen LogP contribution in [0.25, 0.3) is 0 Å². The highest BCUT2D eigenvalue weighted by Crippen LogP contribution is 2.40. The molecule has 19 heteroatoms. The number of hydrogen-bond donors (Lipinski definition) is 1. The van der Waals surface area contributed by atoms with E-state index in [2.05, 4.69) is 48.5 Å². The van der Waals surface area contributed by atoms with Gasteiger partial charge in [-0.05, 0) is 75.3 Å². The topological polar surface area (TPSA) is 188 Å². The van der Waals surface area contributed by atoms with E-state index in [4.69, 9.17) is 75.8 Å². The Balaban J connectivity index is 1.16. The fraction of sp³-hybridized carbons (Fsp3) is 0.740. The van der Waals surface area contributed by atoms with Gasteiger partial charge in [0.15, 0.2) is 25.2 Å². The summed E-state index contributed by atoms with van der Waals surface area (Å²) in [5.41, 5.74) is 2.80. The lowest BCUT2D eigenvalue weighted by molar-refractivity contribution is -0.401. The number of carbonyl (C=O) groups excluding carboxylic acids is 1. The van der Waals surface area contributed by atoms with Crippen LogP contribution in [0.1, 0.15) is 181 Å². The molecule has 3 aromatic carbocycles. The normalized spacial score (nSPS) is 28.2. The molecule has 92 heavy (non-hydrogen) atoms. The second kappa shape index (κ2) is 44.2. The zero-order valence-electron chi connectivity index (χ0n) is 56.7. The van der Waals surface area contributed by atoms with Crippen molar-refractivity contribution in [1.29, 1.82) is 0 Å². The van der Waals surface area contributed by atoms with Crippen molar-refractivity contribution >= 4 is 6.09 Å². The van der Waals surface area contributed by atoms with Crippen molar-refractivity contribution < 1.29 is 85.7 Å². The Morgan fingerprint density at radius 1 is 0.457 bits per heavy atom. The molecule has 0 radical (unpaired) electrons. The predicted molar refractivity (Wildman–Crippen MR) is 350 cm³/mol. The molecule has 0 bridgehead atoms. The minimum Gasteiger partial charge on any atom is -0.445 e. The maximum atomic E-state index is 13.6. The molecule has 7 rings (SSSR count). The van der Waals surface area contributed by atoms with Crippen LogP contribution in [0.3, 0.4) is 0 Å². The highest BCUT2D eigenvalue weighted by atomic mass is 16.8. The molecule has 4 fully saturated rings. The number of hydrogen-bond acceptors (Lipinski definition) is 18. The molecule has 1 amide bonds. The first-order chi connectivity index (χ1) is 45.2. The summed E-state index contributed by atoms with van der Waals surface area (Å²) in [5.74, 6) is 0. The zero-order valence-corrected chi connectivity index (χ0v) is 56.7. The van der Waals surface area contributed by atoms with Crippen molar-refractivity contribution in [2.45, 2.75) is 269 Å². The second-order valence-electron chi connectivity index (χ2n) is 24.7. The molecule has 4 saturated heterocycles. The van der Waals surface area contributed by atoms with Crippen LogP contribution in [-0.4, -0.2) is 187 Å². The van der Waals surface area contributed by atoms with Gasteiger partial charge in [0, 0.05) is 71.5 Å². The van der Waals surface area contributed by atoms with Gasteiger partial charge in [0.05, 0.1) is 19.8 Å². The first kappa shape index (κ1) is 75.7. The summed E-state index contributed by atoms with van der Waals surface area (Å²) in [7, 11) is 0. The molecule has 3 aromatic rings. The number of rotatable bonds is 46. The van der Waals surface area contributed by atoms with Gasteiger partial charge < -0.3 is 85.8 Å². The lowest BCUT2D eigenvalue weighted by Gasteiger charge is -2.52. The van der Waals surface area contributed by atoms with E-state index >= 15 is 0 Å². The number of unbranched alkanes of at least 4 members (excludes halogenated alkanes) is 9. The average Bonchev–Trinajstić information content (AvgIpc) is 0.791. The molecule has 0 aromatic heterocycles. The van der Waals surface area contributed by atoms with E-state index in [-0.39, 0.29) is 32.5 Å². The Morgan fingerprint density at radius 3 is 1.43 bits per heavy atom.